The molecular weight excluding hydrogens is 198 g/mol. The Morgan fingerprint density at radius 1 is 1.19 bits per heavy atom. The molecule has 2 nitrogen and oxygen atoms in total. The molecule has 0 heterocycles. The highest BCUT2D eigenvalue weighted by Gasteiger charge is 2.17. The van der Waals surface area contributed by atoms with Crippen molar-refractivity contribution in [3.8, 4) is 0 Å². The summed E-state index contributed by atoms with van der Waals surface area (Å²) < 4.78 is 6.04. The fourth-order valence-corrected chi connectivity index (χ4v) is 2.29. The van der Waals surface area contributed by atoms with Gasteiger partial charge in [-0.1, -0.05) is 40.0 Å². The molecule has 1 fully saturated rings. The fraction of sp³-hybridized carbons (Fsp3) is 1.00. The van der Waals surface area contributed by atoms with E-state index in [1.165, 1.54) is 38.5 Å². The van der Waals surface area contributed by atoms with E-state index in [2.05, 4.69) is 26.1 Å². The Labute approximate surface area is 101 Å². The van der Waals surface area contributed by atoms with Crippen LogP contribution < -0.4 is 5.32 Å². The standard InChI is InChI=1S/C14H29NO/c1-4-10-15-14(12(2)3)11-16-13-8-6-5-7-9-13/h12-15H,4-11H2,1-3H3. The topological polar surface area (TPSA) is 21.3 Å². The largest absolute Gasteiger partial charge is 0.377 e. The van der Waals surface area contributed by atoms with Crippen molar-refractivity contribution in [2.24, 2.45) is 5.92 Å². The lowest BCUT2D eigenvalue weighted by Crippen LogP contribution is -2.39. The predicted octanol–water partition coefficient (Wildman–Crippen LogP) is 3.36. The Hall–Kier alpha value is -0.0800. The van der Waals surface area contributed by atoms with Crippen molar-refractivity contribution in [3.63, 3.8) is 0 Å². The number of hydrogen-bond acceptors (Lipinski definition) is 2. The molecule has 0 aliphatic heterocycles. The molecule has 1 rings (SSSR count). The lowest BCUT2D eigenvalue weighted by Gasteiger charge is -2.27. The molecule has 1 unspecified atom stereocenters. The first kappa shape index (κ1) is 14.0. The van der Waals surface area contributed by atoms with Crippen LogP contribution >= 0.6 is 0 Å². The first-order valence-electron chi connectivity index (χ1n) is 7.09. The van der Waals surface area contributed by atoms with Crippen LogP contribution in [-0.2, 0) is 4.74 Å². The van der Waals surface area contributed by atoms with Gasteiger partial charge in [0, 0.05) is 6.04 Å². The van der Waals surface area contributed by atoms with E-state index in [9.17, 15) is 0 Å². The summed E-state index contributed by atoms with van der Waals surface area (Å²) in [6.45, 7) is 8.76. The molecule has 0 spiro atoms. The van der Waals surface area contributed by atoms with Gasteiger partial charge in [0.2, 0.25) is 0 Å². The maximum absolute atomic E-state index is 6.04. The number of hydrogen-bond donors (Lipinski definition) is 1. The zero-order valence-electron chi connectivity index (χ0n) is 11.3. The molecule has 0 aromatic carbocycles. The van der Waals surface area contributed by atoms with E-state index in [0.29, 0.717) is 18.1 Å². The van der Waals surface area contributed by atoms with Gasteiger partial charge in [-0.05, 0) is 31.7 Å². The normalized spacial score (nSPS) is 20.2. The molecule has 16 heavy (non-hydrogen) atoms. The summed E-state index contributed by atoms with van der Waals surface area (Å²) in [6.07, 6.45) is 8.42. The highest BCUT2D eigenvalue weighted by molar-refractivity contribution is 4.72. The van der Waals surface area contributed by atoms with Gasteiger partial charge in [-0.2, -0.15) is 0 Å². The quantitative estimate of drug-likeness (QED) is 0.720. The van der Waals surface area contributed by atoms with E-state index >= 15 is 0 Å². The molecule has 0 aromatic rings. The van der Waals surface area contributed by atoms with E-state index in [0.717, 1.165) is 13.2 Å². The Bertz CT molecular complexity index is 164. The van der Waals surface area contributed by atoms with Gasteiger partial charge in [-0.15, -0.1) is 0 Å². The van der Waals surface area contributed by atoms with Crippen molar-refractivity contribution < 1.29 is 4.74 Å². The summed E-state index contributed by atoms with van der Waals surface area (Å²) in [7, 11) is 0. The summed E-state index contributed by atoms with van der Waals surface area (Å²) in [6, 6.07) is 0.530. The molecule has 1 atom stereocenters. The zero-order valence-corrected chi connectivity index (χ0v) is 11.3. The first-order valence-corrected chi connectivity index (χ1v) is 7.09. The SMILES string of the molecule is CCCNC(COC1CCCCC1)C(C)C. The highest BCUT2D eigenvalue weighted by Crippen LogP contribution is 2.20. The second-order valence-electron chi connectivity index (χ2n) is 5.40. The molecule has 0 radical (unpaired) electrons. The van der Waals surface area contributed by atoms with Crippen molar-refractivity contribution in [2.75, 3.05) is 13.2 Å². The molecule has 1 N–H and O–H groups in total. The van der Waals surface area contributed by atoms with Gasteiger partial charge in [0.05, 0.1) is 12.7 Å². The average Bonchev–Trinajstić information content (AvgIpc) is 2.30. The van der Waals surface area contributed by atoms with Gasteiger partial charge in [-0.3, -0.25) is 0 Å². The minimum absolute atomic E-state index is 0.530. The van der Waals surface area contributed by atoms with Crippen LogP contribution in [0.1, 0.15) is 59.3 Å². The molecule has 1 saturated carbocycles. The molecule has 2 heteroatoms. The summed E-state index contributed by atoms with van der Waals surface area (Å²) in [4.78, 5) is 0. The van der Waals surface area contributed by atoms with Gasteiger partial charge in [0.25, 0.3) is 0 Å². The van der Waals surface area contributed by atoms with Crippen molar-refractivity contribution in [1.29, 1.82) is 0 Å². The van der Waals surface area contributed by atoms with Crippen LogP contribution in [0.3, 0.4) is 0 Å². The third kappa shape index (κ3) is 5.31. The Morgan fingerprint density at radius 3 is 2.44 bits per heavy atom. The third-order valence-corrected chi connectivity index (χ3v) is 3.52. The van der Waals surface area contributed by atoms with Gasteiger partial charge in [0.15, 0.2) is 0 Å². The molecular formula is C14H29NO. The minimum atomic E-state index is 0.530. The fourth-order valence-electron chi connectivity index (χ4n) is 2.29. The molecule has 1 aliphatic rings. The van der Waals surface area contributed by atoms with E-state index in [1.807, 2.05) is 0 Å². The van der Waals surface area contributed by atoms with Crippen molar-refractivity contribution in [3.05, 3.63) is 0 Å². The van der Waals surface area contributed by atoms with Gasteiger partial charge in [0.1, 0.15) is 0 Å². The van der Waals surface area contributed by atoms with Crippen LogP contribution in [0.5, 0.6) is 0 Å². The van der Waals surface area contributed by atoms with Gasteiger partial charge >= 0.3 is 0 Å². The molecule has 0 saturated heterocycles. The Kier molecular flexibility index (Phi) is 7.06. The number of ether oxygens (including phenoxy) is 1. The molecule has 1 aliphatic carbocycles. The van der Waals surface area contributed by atoms with Crippen LogP contribution in [0.25, 0.3) is 0 Å². The predicted molar refractivity (Wildman–Crippen MR) is 69.7 cm³/mol. The molecule has 96 valence electrons. The highest BCUT2D eigenvalue weighted by atomic mass is 16.5. The first-order chi connectivity index (χ1) is 7.74. The lowest BCUT2D eigenvalue weighted by molar-refractivity contribution is 0.00936. The number of rotatable bonds is 7. The Morgan fingerprint density at radius 2 is 1.88 bits per heavy atom. The van der Waals surface area contributed by atoms with Crippen LogP contribution in [0, 0.1) is 5.92 Å². The summed E-state index contributed by atoms with van der Waals surface area (Å²) >= 11 is 0. The van der Waals surface area contributed by atoms with E-state index in [4.69, 9.17) is 4.74 Å². The molecule has 0 aromatic heterocycles. The van der Waals surface area contributed by atoms with Crippen molar-refractivity contribution in [1.82, 2.24) is 5.32 Å². The average molecular weight is 227 g/mol. The monoisotopic (exact) mass is 227 g/mol. The second kappa shape index (κ2) is 8.08. The van der Waals surface area contributed by atoms with E-state index < -0.39 is 0 Å². The van der Waals surface area contributed by atoms with Crippen molar-refractivity contribution >= 4 is 0 Å². The summed E-state index contributed by atoms with van der Waals surface area (Å²) in [5.41, 5.74) is 0. The lowest BCUT2D eigenvalue weighted by atomic mass is 9.97. The second-order valence-corrected chi connectivity index (χ2v) is 5.40. The van der Waals surface area contributed by atoms with Crippen LogP contribution in [0.15, 0.2) is 0 Å². The molecule has 0 amide bonds. The van der Waals surface area contributed by atoms with Crippen LogP contribution in [0.4, 0.5) is 0 Å². The minimum Gasteiger partial charge on any atom is -0.377 e. The van der Waals surface area contributed by atoms with Crippen LogP contribution in [-0.4, -0.2) is 25.3 Å². The zero-order chi connectivity index (χ0) is 11.8. The third-order valence-electron chi connectivity index (χ3n) is 3.52. The maximum Gasteiger partial charge on any atom is 0.0625 e. The van der Waals surface area contributed by atoms with Crippen LogP contribution in [0.2, 0.25) is 0 Å². The number of nitrogens with one attached hydrogen (secondary N) is 1. The summed E-state index contributed by atoms with van der Waals surface area (Å²) in [5, 5.41) is 3.58. The van der Waals surface area contributed by atoms with Gasteiger partial charge in [-0.25, -0.2) is 0 Å². The van der Waals surface area contributed by atoms with E-state index in [1.54, 1.807) is 0 Å². The smallest absolute Gasteiger partial charge is 0.0625 e. The summed E-state index contributed by atoms with van der Waals surface area (Å²) in [5.74, 6) is 0.662. The van der Waals surface area contributed by atoms with E-state index in [-0.39, 0.29) is 0 Å². The van der Waals surface area contributed by atoms with Crippen molar-refractivity contribution in [2.45, 2.75) is 71.4 Å². The maximum atomic E-state index is 6.04. The Balaban J connectivity index is 2.19. The molecule has 0 bridgehead atoms. The van der Waals surface area contributed by atoms with Gasteiger partial charge < -0.3 is 10.1 Å².